The van der Waals surface area contributed by atoms with Crippen molar-refractivity contribution in [2.24, 2.45) is 5.92 Å². The van der Waals surface area contributed by atoms with Crippen molar-refractivity contribution in [3.05, 3.63) is 77.0 Å². The van der Waals surface area contributed by atoms with Crippen LogP contribution in [0.2, 0.25) is 5.02 Å². The number of hydrogen-bond donors (Lipinski definition) is 2. The average molecular weight is 653 g/mol. The molecule has 2 aromatic carbocycles. The number of benzene rings is 2. The van der Waals surface area contributed by atoms with E-state index in [1.807, 2.05) is 19.0 Å². The van der Waals surface area contributed by atoms with Crippen LogP contribution in [0, 0.1) is 11.7 Å². The summed E-state index contributed by atoms with van der Waals surface area (Å²) in [5.74, 6) is -1.51. The first-order valence-electron chi connectivity index (χ1n) is 12.3. The minimum atomic E-state index is -4.52. The maximum absolute atomic E-state index is 15.2. The zero-order valence-electron chi connectivity index (χ0n) is 21.6. The van der Waals surface area contributed by atoms with E-state index in [9.17, 15) is 21.6 Å². The predicted molar refractivity (Wildman–Crippen MR) is 149 cm³/mol. The summed E-state index contributed by atoms with van der Waals surface area (Å²) in [5.41, 5.74) is -1.16. The molecule has 1 heterocycles. The van der Waals surface area contributed by atoms with Crippen molar-refractivity contribution < 1.29 is 26.0 Å². The Morgan fingerprint density at radius 3 is 2.49 bits per heavy atom. The summed E-state index contributed by atoms with van der Waals surface area (Å²) in [6.07, 6.45) is -1.42. The van der Waals surface area contributed by atoms with E-state index in [1.165, 1.54) is 18.3 Å². The Morgan fingerprint density at radius 1 is 1.12 bits per heavy atom. The number of nitrogens with zero attached hydrogens (tertiary/aromatic N) is 3. The van der Waals surface area contributed by atoms with Crippen LogP contribution in [0.4, 0.5) is 29.1 Å². The number of halogens is 7. The molecule has 2 fully saturated rings. The second-order valence-electron chi connectivity index (χ2n) is 10.4. The highest BCUT2D eigenvalue weighted by Crippen LogP contribution is 2.75. The van der Waals surface area contributed by atoms with Crippen molar-refractivity contribution in [3.8, 4) is 0 Å². The molecule has 1 aromatic heterocycles. The van der Waals surface area contributed by atoms with Crippen LogP contribution in [-0.2, 0) is 21.6 Å². The largest absolute Gasteiger partial charge is 0.416 e. The third-order valence-electron chi connectivity index (χ3n) is 7.87. The third-order valence-corrected chi connectivity index (χ3v) is 10.8. The van der Waals surface area contributed by atoms with Crippen LogP contribution in [0.5, 0.6) is 0 Å². The summed E-state index contributed by atoms with van der Waals surface area (Å²) >= 11 is 20.0. The highest BCUT2D eigenvalue weighted by atomic mass is 35.5. The summed E-state index contributed by atoms with van der Waals surface area (Å²) in [5, 5.41) is 3.15. The van der Waals surface area contributed by atoms with Gasteiger partial charge in [-0.15, -0.1) is 23.2 Å². The normalized spacial score (nSPS) is 25.5. The monoisotopic (exact) mass is 651 g/mol. The molecule has 15 heteroatoms. The number of rotatable bonds is 7. The molecule has 3 aromatic rings. The molecule has 0 aliphatic heterocycles. The molecule has 5 rings (SSSR count). The van der Waals surface area contributed by atoms with Gasteiger partial charge in [0.25, 0.3) is 10.0 Å². The molecule has 2 saturated carbocycles. The number of anilines is 2. The molecule has 0 radical (unpaired) electrons. The van der Waals surface area contributed by atoms with Crippen LogP contribution in [0.1, 0.15) is 24.0 Å². The lowest BCUT2D eigenvalue weighted by Gasteiger charge is -2.40. The molecule has 0 bridgehead atoms. The minimum absolute atomic E-state index is 0.0481. The molecule has 4 atom stereocenters. The number of likely N-dealkylation sites (N-methyl/N-ethyl adjacent to an activating group) is 1. The van der Waals surface area contributed by atoms with E-state index in [1.54, 1.807) is 6.07 Å². The van der Waals surface area contributed by atoms with Crippen LogP contribution < -0.4 is 10.0 Å². The van der Waals surface area contributed by atoms with Crippen molar-refractivity contribution in [3.63, 3.8) is 0 Å². The molecule has 41 heavy (non-hydrogen) atoms. The maximum atomic E-state index is 15.2. The lowest BCUT2D eigenvalue weighted by atomic mass is 9.77. The Morgan fingerprint density at radius 2 is 1.85 bits per heavy atom. The van der Waals surface area contributed by atoms with E-state index in [0.29, 0.717) is 18.4 Å². The van der Waals surface area contributed by atoms with Crippen LogP contribution in [0.3, 0.4) is 0 Å². The second kappa shape index (κ2) is 10.4. The Bertz CT molecular complexity index is 1580. The van der Waals surface area contributed by atoms with Gasteiger partial charge in [0, 0.05) is 29.6 Å². The first kappa shape index (κ1) is 30.1. The van der Waals surface area contributed by atoms with E-state index in [-0.39, 0.29) is 22.6 Å². The average Bonchev–Trinajstić information content (AvgIpc) is 3.39. The number of fused-ring (bicyclic) bond motifs is 1. The van der Waals surface area contributed by atoms with E-state index in [2.05, 4.69) is 20.0 Å². The van der Waals surface area contributed by atoms with E-state index in [0.717, 1.165) is 30.6 Å². The van der Waals surface area contributed by atoms with Crippen molar-refractivity contribution in [1.29, 1.82) is 0 Å². The maximum Gasteiger partial charge on any atom is 0.416 e. The van der Waals surface area contributed by atoms with Gasteiger partial charge >= 0.3 is 6.18 Å². The van der Waals surface area contributed by atoms with Crippen LogP contribution >= 0.6 is 34.8 Å². The lowest BCUT2D eigenvalue weighted by molar-refractivity contribution is -0.137. The molecule has 0 unspecified atom stereocenters. The molecule has 220 valence electrons. The Hall–Kier alpha value is -2.38. The standard InChI is InChI=1S/C26H24Cl3F4N5O2S/c1-38(2)20-12-24(14-4-3-5-15(8-14)26(31,32)33)22(25(24,28)29)11-19(20)36-18-10-17(30)21(9-16(18)27)41(39,40)37-23-6-7-34-13-35-23/h3-10,13,19-20,22,36H,11-12H2,1-2H3,(H,34,35,37)/t19-,20-,22+,24+/m1/s1. The molecule has 2 aliphatic carbocycles. The number of aromatic nitrogens is 2. The number of nitrogens with one attached hydrogen (secondary N) is 2. The first-order valence-corrected chi connectivity index (χ1v) is 15.0. The zero-order chi connectivity index (χ0) is 30.0. The quantitative estimate of drug-likeness (QED) is 0.229. The number of alkyl halides is 5. The molecule has 0 amide bonds. The third kappa shape index (κ3) is 5.33. The van der Waals surface area contributed by atoms with E-state index < -0.39 is 54.2 Å². The smallest absolute Gasteiger partial charge is 0.379 e. The molecular formula is C26H24Cl3F4N5O2S. The molecule has 7 nitrogen and oxygen atoms in total. The minimum Gasteiger partial charge on any atom is -0.379 e. The van der Waals surface area contributed by atoms with Crippen molar-refractivity contribution in [2.75, 3.05) is 24.1 Å². The van der Waals surface area contributed by atoms with Gasteiger partial charge < -0.3 is 10.2 Å². The molecule has 2 aliphatic rings. The Labute approximate surface area is 249 Å². The second-order valence-corrected chi connectivity index (χ2v) is 13.9. The summed E-state index contributed by atoms with van der Waals surface area (Å²) in [7, 11) is -0.745. The van der Waals surface area contributed by atoms with Gasteiger partial charge in [-0.25, -0.2) is 22.8 Å². The zero-order valence-corrected chi connectivity index (χ0v) is 24.6. The molecule has 0 saturated heterocycles. The Balaban J connectivity index is 1.43. The summed E-state index contributed by atoms with van der Waals surface area (Å²) in [6.45, 7) is 0. The van der Waals surface area contributed by atoms with E-state index in [4.69, 9.17) is 34.8 Å². The summed E-state index contributed by atoms with van der Waals surface area (Å²) in [4.78, 5) is 8.69. The number of hydrogen-bond acceptors (Lipinski definition) is 6. The van der Waals surface area contributed by atoms with Crippen LogP contribution in [0.15, 0.2) is 59.9 Å². The van der Waals surface area contributed by atoms with Crippen molar-refractivity contribution >= 4 is 56.3 Å². The van der Waals surface area contributed by atoms with Gasteiger partial charge in [-0.1, -0.05) is 29.8 Å². The van der Waals surface area contributed by atoms with Gasteiger partial charge in [0.05, 0.1) is 16.3 Å². The first-order chi connectivity index (χ1) is 19.1. The van der Waals surface area contributed by atoms with E-state index >= 15 is 4.39 Å². The fourth-order valence-electron chi connectivity index (χ4n) is 5.81. The molecule has 2 N–H and O–H groups in total. The predicted octanol–water partition coefficient (Wildman–Crippen LogP) is 6.33. The van der Waals surface area contributed by atoms with Gasteiger partial charge in [0.1, 0.15) is 27.2 Å². The van der Waals surface area contributed by atoms with Crippen LogP contribution in [-0.4, -0.2) is 53.8 Å². The number of sulfonamides is 1. The fraction of sp³-hybridized carbons (Fsp3) is 0.385. The fourth-order valence-corrected chi connectivity index (χ4v) is 8.27. The lowest BCUT2D eigenvalue weighted by Crippen LogP contribution is -2.49. The van der Waals surface area contributed by atoms with Gasteiger partial charge in [-0.3, -0.25) is 4.72 Å². The van der Waals surface area contributed by atoms with Crippen molar-refractivity contribution in [2.45, 2.75) is 45.7 Å². The SMILES string of the molecule is CN(C)[C@@H]1C[C@]2(c3cccc(C(F)(F)F)c3)[C@H](C[C@H]1Nc1cc(F)c(S(=O)(=O)Nc3ccncn3)cc1Cl)C2(Cl)Cl. The highest BCUT2D eigenvalue weighted by Gasteiger charge is 2.78. The van der Waals surface area contributed by atoms with Gasteiger partial charge in [-0.05, 0) is 56.8 Å². The van der Waals surface area contributed by atoms with Crippen LogP contribution in [0.25, 0.3) is 0 Å². The highest BCUT2D eigenvalue weighted by molar-refractivity contribution is 7.92. The van der Waals surface area contributed by atoms with Gasteiger partial charge in [0.2, 0.25) is 0 Å². The molecule has 0 spiro atoms. The summed E-state index contributed by atoms with van der Waals surface area (Å²) in [6, 6.07) is 7.64. The van der Waals surface area contributed by atoms with Gasteiger partial charge in [0.15, 0.2) is 0 Å². The molecular weight excluding hydrogens is 629 g/mol. The topological polar surface area (TPSA) is 87.2 Å². The van der Waals surface area contributed by atoms with Gasteiger partial charge in [-0.2, -0.15) is 13.2 Å². The van der Waals surface area contributed by atoms with Crippen molar-refractivity contribution in [1.82, 2.24) is 14.9 Å². The Kier molecular flexibility index (Phi) is 7.64. The summed E-state index contributed by atoms with van der Waals surface area (Å²) < 4.78 is 82.1.